The zero-order valence-corrected chi connectivity index (χ0v) is 12.7. The smallest absolute Gasteiger partial charge is 0.125 e. The van der Waals surface area contributed by atoms with Crippen LogP contribution in [0.5, 0.6) is 5.75 Å². The predicted molar refractivity (Wildman–Crippen MR) is 80.3 cm³/mol. The van der Waals surface area contributed by atoms with Gasteiger partial charge < -0.3 is 9.84 Å². The first-order valence-corrected chi connectivity index (χ1v) is 6.97. The van der Waals surface area contributed by atoms with Gasteiger partial charge in [-0.1, -0.05) is 34.1 Å². The minimum absolute atomic E-state index is 0.0261. The topological polar surface area (TPSA) is 29.5 Å². The molecule has 0 aromatic heterocycles. The van der Waals surface area contributed by atoms with Crippen LogP contribution in [0.3, 0.4) is 0 Å². The monoisotopic (exact) mass is 320 g/mol. The third-order valence-electron chi connectivity index (χ3n) is 3.16. The van der Waals surface area contributed by atoms with E-state index in [1.54, 1.807) is 0 Å². The lowest BCUT2D eigenvalue weighted by atomic mass is 10.1. The van der Waals surface area contributed by atoms with Crippen molar-refractivity contribution in [3.63, 3.8) is 0 Å². The van der Waals surface area contributed by atoms with Gasteiger partial charge in [-0.3, -0.25) is 0 Å². The van der Waals surface area contributed by atoms with Gasteiger partial charge in [0.15, 0.2) is 0 Å². The number of aliphatic hydroxyl groups is 1. The summed E-state index contributed by atoms with van der Waals surface area (Å²) in [4.78, 5) is 0. The Bertz CT molecular complexity index is 579. The Hall–Kier alpha value is -1.32. The van der Waals surface area contributed by atoms with Gasteiger partial charge in [0.05, 0.1) is 6.61 Å². The fourth-order valence-electron chi connectivity index (χ4n) is 1.87. The summed E-state index contributed by atoms with van der Waals surface area (Å²) >= 11 is 3.38. The molecule has 0 aliphatic heterocycles. The molecule has 2 aromatic rings. The zero-order valence-electron chi connectivity index (χ0n) is 11.1. The van der Waals surface area contributed by atoms with Crippen LogP contribution in [0.4, 0.5) is 0 Å². The summed E-state index contributed by atoms with van der Waals surface area (Å²) in [5, 5.41) is 9.32. The highest BCUT2D eigenvalue weighted by Crippen LogP contribution is 2.24. The van der Waals surface area contributed by atoms with Gasteiger partial charge in [0.1, 0.15) is 12.4 Å². The van der Waals surface area contributed by atoms with Crippen LogP contribution in [0.1, 0.15) is 22.3 Å². The molecule has 0 radical (unpaired) electrons. The summed E-state index contributed by atoms with van der Waals surface area (Å²) in [5.41, 5.74) is 4.47. The van der Waals surface area contributed by atoms with Crippen LogP contribution in [0.25, 0.3) is 0 Å². The van der Waals surface area contributed by atoms with Crippen LogP contribution >= 0.6 is 15.9 Å². The number of aryl methyl sites for hydroxylation is 2. The van der Waals surface area contributed by atoms with E-state index < -0.39 is 0 Å². The van der Waals surface area contributed by atoms with Gasteiger partial charge in [0, 0.05) is 10.0 Å². The maximum Gasteiger partial charge on any atom is 0.125 e. The van der Waals surface area contributed by atoms with Gasteiger partial charge >= 0.3 is 0 Å². The van der Waals surface area contributed by atoms with Crippen molar-refractivity contribution in [1.29, 1.82) is 0 Å². The predicted octanol–water partition coefficient (Wildman–Crippen LogP) is 4.14. The van der Waals surface area contributed by atoms with E-state index in [2.05, 4.69) is 48.0 Å². The summed E-state index contributed by atoms with van der Waals surface area (Å²) in [6.45, 7) is 4.67. The molecular formula is C16H17BrO2. The third kappa shape index (κ3) is 3.58. The van der Waals surface area contributed by atoms with Gasteiger partial charge in [-0.15, -0.1) is 0 Å². The first-order valence-electron chi connectivity index (χ1n) is 6.18. The Labute approximate surface area is 122 Å². The summed E-state index contributed by atoms with van der Waals surface area (Å²) in [7, 11) is 0. The van der Waals surface area contributed by atoms with Crippen LogP contribution in [0.2, 0.25) is 0 Å². The lowest BCUT2D eigenvalue weighted by Gasteiger charge is -2.11. The van der Waals surface area contributed by atoms with Gasteiger partial charge in [0.2, 0.25) is 0 Å². The van der Waals surface area contributed by atoms with Crippen molar-refractivity contribution in [2.45, 2.75) is 27.1 Å². The summed E-state index contributed by atoms with van der Waals surface area (Å²) in [6.07, 6.45) is 0. The van der Waals surface area contributed by atoms with E-state index in [4.69, 9.17) is 4.74 Å². The molecule has 3 heteroatoms. The highest BCUT2D eigenvalue weighted by Gasteiger charge is 2.04. The molecule has 0 aliphatic carbocycles. The molecule has 0 fully saturated rings. The molecule has 0 saturated heterocycles. The average Bonchev–Trinajstić information content (AvgIpc) is 2.41. The Balaban J connectivity index is 2.12. The van der Waals surface area contributed by atoms with Crippen LogP contribution < -0.4 is 4.74 Å². The largest absolute Gasteiger partial charge is 0.489 e. The van der Waals surface area contributed by atoms with Crippen molar-refractivity contribution >= 4 is 15.9 Å². The van der Waals surface area contributed by atoms with Crippen LogP contribution in [-0.4, -0.2) is 5.11 Å². The van der Waals surface area contributed by atoms with Crippen molar-refractivity contribution in [2.75, 3.05) is 0 Å². The second-order valence-corrected chi connectivity index (χ2v) is 5.53. The van der Waals surface area contributed by atoms with Gasteiger partial charge in [-0.05, 0) is 48.7 Å². The van der Waals surface area contributed by atoms with E-state index >= 15 is 0 Å². The van der Waals surface area contributed by atoms with E-state index in [1.807, 2.05) is 18.2 Å². The Morgan fingerprint density at radius 1 is 1.05 bits per heavy atom. The SMILES string of the molecule is Cc1ccc(COc2ccc(Br)cc2CO)cc1C. The molecule has 2 nitrogen and oxygen atoms in total. The van der Waals surface area contributed by atoms with Crippen LogP contribution in [-0.2, 0) is 13.2 Å². The summed E-state index contributed by atoms with van der Waals surface area (Å²) < 4.78 is 6.72. The quantitative estimate of drug-likeness (QED) is 0.917. The molecule has 0 spiro atoms. The first kappa shape index (κ1) is 14.1. The van der Waals surface area contributed by atoms with Crippen LogP contribution in [0, 0.1) is 13.8 Å². The summed E-state index contributed by atoms with van der Waals surface area (Å²) in [5.74, 6) is 0.726. The number of hydrogen-bond donors (Lipinski definition) is 1. The van der Waals surface area contributed by atoms with Gasteiger partial charge in [0.25, 0.3) is 0 Å². The minimum Gasteiger partial charge on any atom is -0.489 e. The number of hydrogen-bond acceptors (Lipinski definition) is 2. The van der Waals surface area contributed by atoms with Crippen molar-refractivity contribution in [1.82, 2.24) is 0 Å². The molecule has 0 aliphatic rings. The molecule has 1 N–H and O–H groups in total. The number of ether oxygens (including phenoxy) is 1. The maximum absolute atomic E-state index is 9.32. The summed E-state index contributed by atoms with van der Waals surface area (Å²) in [6, 6.07) is 12.0. The van der Waals surface area contributed by atoms with Gasteiger partial charge in [-0.2, -0.15) is 0 Å². The minimum atomic E-state index is -0.0261. The number of halogens is 1. The third-order valence-corrected chi connectivity index (χ3v) is 3.65. The molecule has 19 heavy (non-hydrogen) atoms. The normalized spacial score (nSPS) is 10.5. The van der Waals surface area contributed by atoms with Gasteiger partial charge in [-0.25, -0.2) is 0 Å². The second kappa shape index (κ2) is 6.22. The molecule has 0 bridgehead atoms. The standard InChI is InChI=1S/C16H17BrO2/c1-11-3-4-13(7-12(11)2)10-19-16-6-5-15(17)8-14(16)9-18/h3-8,18H,9-10H2,1-2H3. The van der Waals surface area contributed by atoms with Crippen molar-refractivity contribution in [3.8, 4) is 5.75 Å². The van der Waals surface area contributed by atoms with E-state index in [0.29, 0.717) is 6.61 Å². The van der Waals surface area contributed by atoms with E-state index in [0.717, 1.165) is 21.3 Å². The highest BCUT2D eigenvalue weighted by atomic mass is 79.9. The van der Waals surface area contributed by atoms with E-state index in [-0.39, 0.29) is 6.61 Å². The molecule has 0 amide bonds. The molecule has 0 saturated carbocycles. The first-order chi connectivity index (χ1) is 9.10. The maximum atomic E-state index is 9.32. The Morgan fingerprint density at radius 2 is 1.84 bits per heavy atom. The molecule has 2 aromatic carbocycles. The molecule has 2 rings (SSSR count). The number of benzene rings is 2. The van der Waals surface area contributed by atoms with Crippen LogP contribution in [0.15, 0.2) is 40.9 Å². The second-order valence-electron chi connectivity index (χ2n) is 4.62. The number of aliphatic hydroxyl groups excluding tert-OH is 1. The van der Waals surface area contributed by atoms with Crippen molar-refractivity contribution < 1.29 is 9.84 Å². The Morgan fingerprint density at radius 3 is 2.53 bits per heavy atom. The average molecular weight is 321 g/mol. The lowest BCUT2D eigenvalue weighted by molar-refractivity contribution is 0.259. The Kier molecular flexibility index (Phi) is 4.61. The molecule has 0 atom stereocenters. The highest BCUT2D eigenvalue weighted by molar-refractivity contribution is 9.10. The molecule has 0 unspecified atom stereocenters. The number of rotatable bonds is 4. The van der Waals surface area contributed by atoms with E-state index in [9.17, 15) is 5.11 Å². The molecule has 100 valence electrons. The van der Waals surface area contributed by atoms with Crippen molar-refractivity contribution in [2.24, 2.45) is 0 Å². The fourth-order valence-corrected chi connectivity index (χ4v) is 2.28. The fraction of sp³-hybridized carbons (Fsp3) is 0.250. The lowest BCUT2D eigenvalue weighted by Crippen LogP contribution is -1.99. The zero-order chi connectivity index (χ0) is 13.8. The van der Waals surface area contributed by atoms with E-state index in [1.165, 1.54) is 11.1 Å². The van der Waals surface area contributed by atoms with Crippen molar-refractivity contribution in [3.05, 3.63) is 63.1 Å². The molecule has 0 heterocycles. The molecular weight excluding hydrogens is 304 g/mol.